The van der Waals surface area contributed by atoms with E-state index in [0.717, 1.165) is 23.6 Å². The van der Waals surface area contributed by atoms with Crippen molar-refractivity contribution in [3.05, 3.63) is 24.3 Å². The van der Waals surface area contributed by atoms with Gasteiger partial charge in [0.1, 0.15) is 6.04 Å². The molecule has 1 aliphatic rings. The van der Waals surface area contributed by atoms with Gasteiger partial charge in [-0.3, -0.25) is 14.4 Å². The van der Waals surface area contributed by atoms with Gasteiger partial charge in [0.25, 0.3) is 0 Å². The van der Waals surface area contributed by atoms with Crippen molar-refractivity contribution in [3.63, 3.8) is 0 Å². The van der Waals surface area contributed by atoms with Crippen LogP contribution in [0.4, 0.5) is 5.69 Å². The minimum absolute atomic E-state index is 0.0198. The Labute approximate surface area is 202 Å². The highest BCUT2D eigenvalue weighted by molar-refractivity contribution is 7.89. The Bertz CT molecular complexity index is 917. The summed E-state index contributed by atoms with van der Waals surface area (Å²) < 4.78 is 32.7. The van der Waals surface area contributed by atoms with E-state index < -0.39 is 27.9 Å². The quantitative estimate of drug-likeness (QED) is 0.302. The third-order valence-corrected chi connectivity index (χ3v) is 7.61. The third kappa shape index (κ3) is 8.72. The molecule has 0 aliphatic carbocycles. The smallest absolute Gasteiger partial charge is 0.307 e. The van der Waals surface area contributed by atoms with E-state index in [-0.39, 0.29) is 36.9 Å². The lowest BCUT2D eigenvalue weighted by Gasteiger charge is -2.33. The highest BCUT2D eigenvalue weighted by atomic mass is 32.2. The Morgan fingerprint density at radius 2 is 1.68 bits per heavy atom. The van der Waals surface area contributed by atoms with Crippen molar-refractivity contribution in [3.8, 4) is 0 Å². The lowest BCUT2D eigenvalue weighted by Crippen LogP contribution is -2.57. The standard InChI is InChI=1S/C24H37N3O6S/c1-3-4-5-6-7-8-9-10-17-33-23(29)18-22-24(30)25-15-16-27(22)34(31,32)21-13-11-20(12-14-21)26-19(2)28/h11-14,22H,3-10,15-18H2,1-2H3,(H,25,30)(H,26,28). The Balaban J connectivity index is 1.89. The number of rotatable bonds is 14. The van der Waals surface area contributed by atoms with Crippen LogP contribution in [0.3, 0.4) is 0 Å². The number of carbonyl (C=O) groups is 3. The molecule has 1 aromatic carbocycles. The number of sulfonamides is 1. The van der Waals surface area contributed by atoms with Gasteiger partial charge in [-0.15, -0.1) is 0 Å². The average molecular weight is 496 g/mol. The van der Waals surface area contributed by atoms with Crippen molar-refractivity contribution in [1.82, 2.24) is 9.62 Å². The number of esters is 1. The summed E-state index contributed by atoms with van der Waals surface area (Å²) in [5, 5.41) is 5.20. The summed E-state index contributed by atoms with van der Waals surface area (Å²) in [4.78, 5) is 36.0. The highest BCUT2D eigenvalue weighted by Crippen LogP contribution is 2.23. The van der Waals surface area contributed by atoms with Crippen LogP contribution in [-0.4, -0.2) is 56.2 Å². The molecule has 0 aromatic heterocycles. The van der Waals surface area contributed by atoms with Gasteiger partial charge in [-0.1, -0.05) is 51.9 Å². The summed E-state index contributed by atoms with van der Waals surface area (Å²) in [6.45, 7) is 4.02. The fourth-order valence-corrected chi connectivity index (χ4v) is 5.45. The molecule has 2 N–H and O–H groups in total. The van der Waals surface area contributed by atoms with Crippen LogP contribution in [0.5, 0.6) is 0 Å². The molecule has 1 aliphatic heterocycles. The molecule has 9 nitrogen and oxygen atoms in total. The van der Waals surface area contributed by atoms with Gasteiger partial charge in [-0.05, 0) is 30.7 Å². The minimum atomic E-state index is -4.03. The maximum atomic E-state index is 13.2. The van der Waals surface area contributed by atoms with Gasteiger partial charge in [-0.25, -0.2) is 8.42 Å². The summed E-state index contributed by atoms with van der Waals surface area (Å²) in [6, 6.07) is 4.52. The van der Waals surface area contributed by atoms with Gasteiger partial charge in [0.15, 0.2) is 0 Å². The monoisotopic (exact) mass is 495 g/mol. The zero-order valence-electron chi connectivity index (χ0n) is 20.2. The second kappa shape index (κ2) is 14.1. The first-order valence-electron chi connectivity index (χ1n) is 12.1. The van der Waals surface area contributed by atoms with Gasteiger partial charge in [-0.2, -0.15) is 4.31 Å². The van der Waals surface area contributed by atoms with Gasteiger partial charge < -0.3 is 15.4 Å². The second-order valence-electron chi connectivity index (χ2n) is 8.53. The van der Waals surface area contributed by atoms with Gasteiger partial charge in [0.2, 0.25) is 21.8 Å². The number of hydrogen-bond donors (Lipinski definition) is 2. The van der Waals surface area contributed by atoms with E-state index in [1.54, 1.807) is 0 Å². The van der Waals surface area contributed by atoms with Crippen LogP contribution >= 0.6 is 0 Å². The van der Waals surface area contributed by atoms with E-state index in [4.69, 9.17) is 4.74 Å². The maximum absolute atomic E-state index is 13.2. The van der Waals surface area contributed by atoms with Crippen LogP contribution in [0.2, 0.25) is 0 Å². The average Bonchev–Trinajstić information content (AvgIpc) is 2.79. The Hall–Kier alpha value is -2.46. The number of benzene rings is 1. The molecular formula is C24H37N3O6S. The first-order valence-corrected chi connectivity index (χ1v) is 13.5. The van der Waals surface area contributed by atoms with E-state index in [2.05, 4.69) is 17.6 Å². The van der Waals surface area contributed by atoms with Gasteiger partial charge in [0.05, 0.1) is 17.9 Å². The predicted molar refractivity (Wildman–Crippen MR) is 130 cm³/mol. The molecule has 190 valence electrons. The molecule has 0 saturated carbocycles. The van der Waals surface area contributed by atoms with Gasteiger partial charge in [0, 0.05) is 25.7 Å². The molecule has 34 heavy (non-hydrogen) atoms. The van der Waals surface area contributed by atoms with Crippen LogP contribution in [0, 0.1) is 0 Å². The lowest BCUT2D eigenvalue weighted by molar-refractivity contribution is -0.147. The lowest BCUT2D eigenvalue weighted by atomic mass is 10.1. The molecule has 1 saturated heterocycles. The molecule has 10 heteroatoms. The number of hydrogen-bond acceptors (Lipinski definition) is 6. The fourth-order valence-electron chi connectivity index (χ4n) is 3.86. The van der Waals surface area contributed by atoms with E-state index in [1.807, 2.05) is 0 Å². The second-order valence-corrected chi connectivity index (χ2v) is 10.4. The number of carbonyl (C=O) groups excluding carboxylic acids is 3. The maximum Gasteiger partial charge on any atom is 0.307 e. The molecule has 0 bridgehead atoms. The largest absolute Gasteiger partial charge is 0.466 e. The summed E-state index contributed by atoms with van der Waals surface area (Å²) in [7, 11) is -4.03. The highest BCUT2D eigenvalue weighted by Gasteiger charge is 2.40. The van der Waals surface area contributed by atoms with Crippen molar-refractivity contribution in [2.24, 2.45) is 0 Å². The van der Waals surface area contributed by atoms with E-state index >= 15 is 0 Å². The van der Waals surface area contributed by atoms with Crippen LogP contribution in [0.1, 0.15) is 71.6 Å². The van der Waals surface area contributed by atoms with Crippen molar-refractivity contribution < 1.29 is 27.5 Å². The zero-order chi connectivity index (χ0) is 25.0. The Kier molecular flexibility index (Phi) is 11.5. The summed E-state index contributed by atoms with van der Waals surface area (Å²) in [6.07, 6.45) is 8.62. The Morgan fingerprint density at radius 1 is 1.06 bits per heavy atom. The summed E-state index contributed by atoms with van der Waals surface area (Å²) in [5.74, 6) is -1.38. The molecule has 2 amide bonds. The molecular weight excluding hydrogens is 458 g/mol. The van der Waals surface area contributed by atoms with Crippen LogP contribution < -0.4 is 10.6 Å². The number of nitrogens with zero attached hydrogens (tertiary/aromatic N) is 1. The number of anilines is 1. The van der Waals surface area contributed by atoms with Crippen molar-refractivity contribution in [1.29, 1.82) is 0 Å². The van der Waals surface area contributed by atoms with Crippen molar-refractivity contribution in [2.45, 2.75) is 82.6 Å². The minimum Gasteiger partial charge on any atom is -0.466 e. The fraction of sp³-hybridized carbons (Fsp3) is 0.625. The third-order valence-electron chi connectivity index (χ3n) is 5.68. The van der Waals surface area contributed by atoms with Crippen molar-refractivity contribution >= 4 is 33.5 Å². The van der Waals surface area contributed by atoms with Gasteiger partial charge >= 0.3 is 5.97 Å². The molecule has 1 unspecified atom stereocenters. The number of nitrogens with one attached hydrogen (secondary N) is 2. The number of amides is 2. The van der Waals surface area contributed by atoms with Crippen molar-refractivity contribution in [2.75, 3.05) is 25.0 Å². The summed E-state index contributed by atoms with van der Waals surface area (Å²) >= 11 is 0. The van der Waals surface area contributed by atoms with E-state index in [1.165, 1.54) is 63.3 Å². The van der Waals surface area contributed by atoms with Crippen LogP contribution in [0.25, 0.3) is 0 Å². The number of unbranched alkanes of at least 4 members (excludes halogenated alkanes) is 7. The van der Waals surface area contributed by atoms with E-state index in [9.17, 15) is 22.8 Å². The molecule has 1 aromatic rings. The molecule has 0 radical (unpaired) electrons. The molecule has 0 spiro atoms. The number of ether oxygens (including phenoxy) is 1. The SMILES string of the molecule is CCCCCCCCCCOC(=O)CC1C(=O)NCCN1S(=O)(=O)c1ccc(NC(C)=O)cc1. The first-order chi connectivity index (χ1) is 16.3. The van der Waals surface area contributed by atoms with Crippen LogP contribution in [-0.2, 0) is 29.1 Å². The molecule has 1 fully saturated rings. The Morgan fingerprint density at radius 3 is 2.29 bits per heavy atom. The normalized spacial score (nSPS) is 16.6. The summed E-state index contributed by atoms with van der Waals surface area (Å²) in [5.41, 5.74) is 0.462. The molecule has 1 heterocycles. The predicted octanol–water partition coefficient (Wildman–Crippen LogP) is 3.21. The van der Waals surface area contributed by atoms with Crippen LogP contribution in [0.15, 0.2) is 29.2 Å². The first kappa shape index (κ1) is 27.8. The number of piperazine rings is 1. The zero-order valence-corrected chi connectivity index (χ0v) is 21.0. The van der Waals surface area contributed by atoms with E-state index in [0.29, 0.717) is 5.69 Å². The molecule has 1 atom stereocenters. The topological polar surface area (TPSA) is 122 Å². The molecule has 2 rings (SSSR count).